The predicted molar refractivity (Wildman–Crippen MR) is 127 cm³/mol. The molecule has 0 unspecified atom stereocenters. The summed E-state index contributed by atoms with van der Waals surface area (Å²) in [6.45, 7) is 4.41. The minimum absolute atomic E-state index is 0.0652. The number of fused-ring (bicyclic) bond motifs is 5. The lowest BCUT2D eigenvalue weighted by Gasteiger charge is -2.34. The Hall–Kier alpha value is -3.82. The molecule has 1 aliphatic heterocycles. The van der Waals surface area contributed by atoms with Crippen molar-refractivity contribution in [3.8, 4) is 0 Å². The quantitative estimate of drug-likeness (QED) is 0.430. The summed E-state index contributed by atoms with van der Waals surface area (Å²) in [5.41, 5.74) is 3.63. The number of piperidine rings is 1. The molecule has 6 rings (SSSR count). The number of rotatable bonds is 5. The van der Waals surface area contributed by atoms with Crippen LogP contribution >= 0.6 is 0 Å². The zero-order chi connectivity index (χ0) is 24.5. The van der Waals surface area contributed by atoms with Crippen LogP contribution in [0.25, 0.3) is 16.6 Å². The molecule has 8 nitrogen and oxygen atoms in total. The molecule has 1 saturated heterocycles. The first-order valence-corrected chi connectivity index (χ1v) is 11.6. The van der Waals surface area contributed by atoms with E-state index in [0.29, 0.717) is 35.8 Å². The molecule has 1 saturated carbocycles. The van der Waals surface area contributed by atoms with Crippen molar-refractivity contribution in [2.45, 2.75) is 44.7 Å². The van der Waals surface area contributed by atoms with Gasteiger partial charge in [0.1, 0.15) is 6.33 Å². The fraction of sp³-hybridized carbons (Fsp3) is 0.360. The Balaban J connectivity index is 1.50. The number of anilines is 2. The van der Waals surface area contributed by atoms with Crippen molar-refractivity contribution in [2.24, 2.45) is 5.92 Å². The third kappa shape index (κ3) is 3.38. The van der Waals surface area contributed by atoms with Crippen LogP contribution in [0.1, 0.15) is 47.3 Å². The van der Waals surface area contributed by atoms with E-state index in [-0.39, 0.29) is 23.9 Å². The number of hydrogen-bond acceptors (Lipinski definition) is 6. The van der Waals surface area contributed by atoms with E-state index >= 15 is 0 Å². The Morgan fingerprint density at radius 3 is 2.83 bits per heavy atom. The summed E-state index contributed by atoms with van der Waals surface area (Å²) >= 11 is 0. The number of benzene rings is 2. The number of aromatic carboxylic acids is 1. The average molecular weight is 479 g/mol. The monoisotopic (exact) mass is 478 g/mol. The summed E-state index contributed by atoms with van der Waals surface area (Å²) < 4.78 is 31.0. The topological polar surface area (TPSA) is 95.6 Å². The van der Waals surface area contributed by atoms with Gasteiger partial charge in [0.2, 0.25) is 5.95 Å². The molecule has 3 heterocycles. The van der Waals surface area contributed by atoms with Crippen LogP contribution in [0.15, 0.2) is 42.7 Å². The Morgan fingerprint density at radius 2 is 2.09 bits per heavy atom. The van der Waals surface area contributed by atoms with E-state index in [9.17, 15) is 18.7 Å². The smallest absolute Gasteiger partial charge is 0.337 e. The summed E-state index contributed by atoms with van der Waals surface area (Å²) in [4.78, 5) is 18.3. The van der Waals surface area contributed by atoms with Crippen LogP contribution in [0.3, 0.4) is 0 Å². The van der Waals surface area contributed by atoms with Gasteiger partial charge in [-0.05, 0) is 49.9 Å². The summed E-state index contributed by atoms with van der Waals surface area (Å²) in [7, 11) is 0. The van der Waals surface area contributed by atoms with E-state index in [0.717, 1.165) is 16.5 Å². The van der Waals surface area contributed by atoms with Gasteiger partial charge < -0.3 is 15.3 Å². The van der Waals surface area contributed by atoms with E-state index < -0.39 is 17.9 Å². The van der Waals surface area contributed by atoms with Gasteiger partial charge in [0.25, 0.3) is 5.92 Å². The minimum Gasteiger partial charge on any atom is -0.478 e. The molecule has 0 radical (unpaired) electrons. The molecule has 4 aromatic rings. The van der Waals surface area contributed by atoms with Crippen LogP contribution in [-0.2, 0) is 0 Å². The highest BCUT2D eigenvalue weighted by atomic mass is 19.3. The van der Waals surface area contributed by atoms with Gasteiger partial charge in [0, 0.05) is 29.6 Å². The van der Waals surface area contributed by atoms with Gasteiger partial charge in [-0.3, -0.25) is 4.40 Å². The zero-order valence-electron chi connectivity index (χ0n) is 19.2. The van der Waals surface area contributed by atoms with Gasteiger partial charge >= 0.3 is 5.97 Å². The molecular weight excluding hydrogens is 454 g/mol. The lowest BCUT2D eigenvalue weighted by atomic mass is 10.0. The molecular formula is C25H24F2N6O2. The molecule has 2 aromatic heterocycles. The van der Waals surface area contributed by atoms with Crippen LogP contribution in [0, 0.1) is 12.8 Å². The number of alkyl halides is 2. The first kappa shape index (κ1) is 21.7. The lowest BCUT2D eigenvalue weighted by Crippen LogP contribution is -2.46. The fourth-order valence-electron chi connectivity index (χ4n) is 5.67. The third-order valence-electron chi connectivity index (χ3n) is 7.19. The number of carboxylic acid groups (broad SMARTS) is 1. The second-order valence-corrected chi connectivity index (χ2v) is 9.64. The molecule has 2 fully saturated rings. The molecule has 0 spiro atoms. The highest BCUT2D eigenvalue weighted by Crippen LogP contribution is 2.49. The van der Waals surface area contributed by atoms with Gasteiger partial charge in [0.05, 0.1) is 23.2 Å². The van der Waals surface area contributed by atoms with Crippen molar-refractivity contribution in [1.82, 2.24) is 19.6 Å². The van der Waals surface area contributed by atoms with Crippen molar-refractivity contribution in [3.63, 3.8) is 0 Å². The van der Waals surface area contributed by atoms with Crippen LogP contribution in [-0.4, -0.2) is 49.2 Å². The molecule has 35 heavy (non-hydrogen) atoms. The van der Waals surface area contributed by atoms with Gasteiger partial charge in [-0.15, -0.1) is 10.2 Å². The van der Waals surface area contributed by atoms with E-state index in [1.54, 1.807) is 33.6 Å². The number of hydrogen-bond donors (Lipinski definition) is 2. The van der Waals surface area contributed by atoms with Crippen LogP contribution in [0.5, 0.6) is 0 Å². The SMILES string of the molecule is Cc1cc([C@@H](C)Nc2ccccc2C(=O)O)c2nc(N3C[C@@H]4C[C@H]3C(F)(F)C4)n3cnnc3c2c1. The molecule has 3 atom stereocenters. The van der Waals surface area contributed by atoms with Crippen molar-refractivity contribution >= 4 is 34.2 Å². The van der Waals surface area contributed by atoms with Gasteiger partial charge in [-0.1, -0.05) is 18.2 Å². The van der Waals surface area contributed by atoms with Crippen molar-refractivity contribution in [3.05, 3.63) is 59.4 Å². The molecule has 0 amide bonds. The summed E-state index contributed by atoms with van der Waals surface area (Å²) in [5.74, 6) is -3.44. The maximum Gasteiger partial charge on any atom is 0.337 e. The number of aromatic nitrogens is 4. The predicted octanol–water partition coefficient (Wildman–Crippen LogP) is 4.69. The van der Waals surface area contributed by atoms with Crippen molar-refractivity contribution in [2.75, 3.05) is 16.8 Å². The summed E-state index contributed by atoms with van der Waals surface area (Å²) in [6, 6.07) is 9.45. The molecule has 2 aromatic carbocycles. The van der Waals surface area contributed by atoms with Crippen LogP contribution in [0.2, 0.25) is 0 Å². The average Bonchev–Trinajstić information content (AvgIpc) is 3.52. The number of nitrogens with zero attached hydrogens (tertiary/aromatic N) is 5. The Morgan fingerprint density at radius 1 is 1.29 bits per heavy atom. The minimum atomic E-state index is -2.76. The largest absolute Gasteiger partial charge is 0.478 e. The standard InChI is InChI=1S/C25H24F2N6O2/c1-13-7-17(14(2)29-19-6-4-3-5-16(19)23(34)35)21-18(8-13)22-31-28-12-33(22)24(30-21)32-11-15-9-20(32)25(26,27)10-15/h3-8,12,14-15,20,29H,9-11H2,1-2H3,(H,34,35)/t14-,15-,20+/m1/s1. The highest BCUT2D eigenvalue weighted by molar-refractivity contribution is 5.96. The third-order valence-corrected chi connectivity index (χ3v) is 7.19. The number of carbonyl (C=O) groups is 1. The number of nitrogens with one attached hydrogen (secondary N) is 1. The molecule has 2 bridgehead atoms. The van der Waals surface area contributed by atoms with E-state index in [4.69, 9.17) is 4.98 Å². The number of aryl methyl sites for hydroxylation is 1. The number of carboxylic acids is 1. The molecule has 1 aliphatic carbocycles. The zero-order valence-corrected chi connectivity index (χ0v) is 19.2. The second-order valence-electron chi connectivity index (χ2n) is 9.64. The van der Waals surface area contributed by atoms with Crippen LogP contribution < -0.4 is 10.2 Å². The van der Waals surface area contributed by atoms with Gasteiger partial charge in [0.15, 0.2) is 5.65 Å². The van der Waals surface area contributed by atoms with Crippen LogP contribution in [0.4, 0.5) is 20.4 Å². The van der Waals surface area contributed by atoms with Gasteiger partial charge in [-0.2, -0.15) is 0 Å². The van der Waals surface area contributed by atoms with E-state index in [1.807, 2.05) is 26.0 Å². The van der Waals surface area contributed by atoms with Crippen molar-refractivity contribution < 1.29 is 18.7 Å². The number of halogens is 2. The first-order chi connectivity index (χ1) is 16.7. The van der Waals surface area contributed by atoms with Gasteiger partial charge in [-0.25, -0.2) is 18.6 Å². The summed E-state index contributed by atoms with van der Waals surface area (Å²) in [6.07, 6.45) is 1.89. The second kappa shape index (κ2) is 7.59. The van der Waals surface area contributed by atoms with E-state index in [1.165, 1.54) is 6.33 Å². The first-order valence-electron chi connectivity index (χ1n) is 11.6. The maximum atomic E-state index is 14.7. The molecule has 10 heteroatoms. The highest BCUT2D eigenvalue weighted by Gasteiger charge is 2.57. The maximum absolute atomic E-state index is 14.7. The molecule has 2 aliphatic rings. The van der Waals surface area contributed by atoms with E-state index in [2.05, 4.69) is 15.5 Å². The molecule has 180 valence electrons. The Bertz CT molecular complexity index is 1490. The molecule has 2 N–H and O–H groups in total. The summed E-state index contributed by atoms with van der Waals surface area (Å²) in [5, 5.41) is 22.0. The normalized spacial score (nSPS) is 21.7. The lowest BCUT2D eigenvalue weighted by molar-refractivity contribution is -0.0209. The Labute approximate surface area is 199 Å². The Kier molecular flexibility index (Phi) is 4.71. The van der Waals surface area contributed by atoms with Crippen molar-refractivity contribution in [1.29, 1.82) is 0 Å². The number of para-hydroxylation sites is 1. The fourth-order valence-corrected chi connectivity index (χ4v) is 5.67.